The van der Waals surface area contributed by atoms with Crippen LogP contribution in [0.5, 0.6) is 0 Å². The summed E-state index contributed by atoms with van der Waals surface area (Å²) >= 11 is 0. The number of carbonyl (C=O) groups is 1. The molecule has 0 radical (unpaired) electrons. The molecule has 0 bridgehead atoms. The molecule has 158 valence electrons. The fourth-order valence-electron chi connectivity index (χ4n) is 3.44. The van der Waals surface area contributed by atoms with Crippen molar-refractivity contribution in [2.24, 2.45) is 0 Å². The van der Waals surface area contributed by atoms with Gasteiger partial charge >= 0.3 is 0 Å². The van der Waals surface area contributed by atoms with E-state index in [0.29, 0.717) is 6.07 Å². The van der Waals surface area contributed by atoms with Gasteiger partial charge in [0.1, 0.15) is 11.4 Å². The fraction of sp³-hybridized carbons (Fsp3) is 0.316. The Labute approximate surface area is 171 Å². The van der Waals surface area contributed by atoms with Crippen LogP contribution in [0.1, 0.15) is 42.5 Å². The van der Waals surface area contributed by atoms with E-state index in [9.17, 15) is 22.0 Å². The molecule has 2 heterocycles. The molecular weight excluding hydrogens is 416 g/mol. The van der Waals surface area contributed by atoms with Gasteiger partial charge in [0.15, 0.2) is 17.3 Å². The van der Waals surface area contributed by atoms with Crippen molar-refractivity contribution in [2.45, 2.75) is 43.0 Å². The van der Waals surface area contributed by atoms with Crippen molar-refractivity contribution in [3.05, 3.63) is 53.9 Å². The molecule has 1 aliphatic rings. The van der Waals surface area contributed by atoms with E-state index in [2.05, 4.69) is 20.1 Å². The number of nitrogens with zero attached hydrogens (tertiary/aromatic N) is 3. The summed E-state index contributed by atoms with van der Waals surface area (Å²) in [7, 11) is -4.21. The molecule has 0 saturated heterocycles. The Hall–Kier alpha value is -3.08. The number of nitrogens with one attached hydrogen (secondary N) is 2. The average Bonchev–Trinajstić information content (AvgIpc) is 3.14. The number of benzene rings is 1. The highest BCUT2D eigenvalue weighted by atomic mass is 32.2. The third kappa shape index (κ3) is 4.11. The SMILES string of the molecule is O=C(NC1CCCCC1)c1cnn2ccc(NS(=O)(=O)c3ccc(F)c(F)c3)nc12. The molecule has 1 amide bonds. The van der Waals surface area contributed by atoms with E-state index >= 15 is 0 Å². The molecule has 0 spiro atoms. The van der Waals surface area contributed by atoms with Gasteiger partial charge in [-0.05, 0) is 37.1 Å². The zero-order valence-corrected chi connectivity index (χ0v) is 16.6. The molecule has 3 aromatic rings. The van der Waals surface area contributed by atoms with Gasteiger partial charge in [0.25, 0.3) is 15.9 Å². The Bertz CT molecular complexity index is 1210. The Kier molecular flexibility index (Phi) is 5.37. The van der Waals surface area contributed by atoms with Crippen molar-refractivity contribution in [3.8, 4) is 0 Å². The predicted octanol–water partition coefficient (Wildman–Crippen LogP) is 2.87. The lowest BCUT2D eigenvalue weighted by Crippen LogP contribution is -2.36. The lowest BCUT2D eigenvalue weighted by atomic mass is 9.95. The van der Waals surface area contributed by atoms with Gasteiger partial charge < -0.3 is 5.32 Å². The highest BCUT2D eigenvalue weighted by Gasteiger charge is 2.21. The first kappa shape index (κ1) is 20.2. The van der Waals surface area contributed by atoms with Crippen LogP contribution >= 0.6 is 0 Å². The van der Waals surface area contributed by atoms with Gasteiger partial charge in [0, 0.05) is 12.2 Å². The minimum absolute atomic E-state index is 0.0838. The molecular formula is C19H19F2N5O3S. The molecule has 8 nitrogen and oxygen atoms in total. The van der Waals surface area contributed by atoms with E-state index in [1.165, 1.54) is 23.0 Å². The largest absolute Gasteiger partial charge is 0.349 e. The van der Waals surface area contributed by atoms with E-state index < -0.39 is 26.6 Å². The molecule has 1 aromatic carbocycles. The lowest BCUT2D eigenvalue weighted by Gasteiger charge is -2.22. The van der Waals surface area contributed by atoms with Gasteiger partial charge in [-0.1, -0.05) is 19.3 Å². The van der Waals surface area contributed by atoms with Crippen molar-refractivity contribution >= 4 is 27.4 Å². The minimum atomic E-state index is -4.21. The molecule has 2 N–H and O–H groups in total. The van der Waals surface area contributed by atoms with Crippen LogP contribution < -0.4 is 10.0 Å². The quantitative estimate of drug-likeness (QED) is 0.641. The van der Waals surface area contributed by atoms with Gasteiger partial charge in [-0.15, -0.1) is 0 Å². The molecule has 1 aliphatic carbocycles. The first-order chi connectivity index (χ1) is 14.3. The summed E-state index contributed by atoms with van der Waals surface area (Å²) in [5.41, 5.74) is 0.392. The maximum absolute atomic E-state index is 13.4. The van der Waals surface area contributed by atoms with Crippen molar-refractivity contribution in [1.29, 1.82) is 0 Å². The smallest absolute Gasteiger partial charge is 0.263 e. The molecule has 4 rings (SSSR count). The number of amides is 1. The second-order valence-electron chi connectivity index (χ2n) is 7.13. The summed E-state index contributed by atoms with van der Waals surface area (Å²) in [6.45, 7) is 0. The molecule has 1 saturated carbocycles. The van der Waals surface area contributed by atoms with Crippen LogP contribution in [0, 0.1) is 11.6 Å². The second-order valence-corrected chi connectivity index (χ2v) is 8.81. The average molecular weight is 435 g/mol. The first-order valence-electron chi connectivity index (χ1n) is 9.46. The van der Waals surface area contributed by atoms with Gasteiger partial charge in [-0.25, -0.2) is 26.7 Å². The van der Waals surface area contributed by atoms with Crippen LogP contribution in [-0.2, 0) is 10.0 Å². The Balaban J connectivity index is 1.59. The molecule has 2 aromatic heterocycles. The van der Waals surface area contributed by atoms with E-state index in [-0.39, 0.29) is 29.0 Å². The lowest BCUT2D eigenvalue weighted by molar-refractivity contribution is 0.0929. The van der Waals surface area contributed by atoms with E-state index in [1.54, 1.807) is 0 Å². The minimum Gasteiger partial charge on any atom is -0.349 e. The summed E-state index contributed by atoms with van der Waals surface area (Å²) in [5.74, 6) is -2.84. The van der Waals surface area contributed by atoms with Crippen molar-refractivity contribution in [2.75, 3.05) is 4.72 Å². The van der Waals surface area contributed by atoms with Crippen LogP contribution in [0.3, 0.4) is 0 Å². The van der Waals surface area contributed by atoms with Crippen molar-refractivity contribution in [1.82, 2.24) is 19.9 Å². The van der Waals surface area contributed by atoms with E-state index in [1.807, 2.05) is 0 Å². The number of rotatable bonds is 5. The fourth-order valence-corrected chi connectivity index (χ4v) is 4.45. The number of aromatic nitrogens is 3. The van der Waals surface area contributed by atoms with Crippen LogP contribution in [0.2, 0.25) is 0 Å². The molecule has 11 heteroatoms. The third-order valence-electron chi connectivity index (χ3n) is 4.99. The summed E-state index contributed by atoms with van der Waals surface area (Å²) in [5, 5.41) is 7.05. The van der Waals surface area contributed by atoms with Gasteiger partial charge in [-0.3, -0.25) is 9.52 Å². The number of sulfonamides is 1. The molecule has 0 unspecified atom stereocenters. The van der Waals surface area contributed by atoms with Crippen LogP contribution in [0.4, 0.5) is 14.6 Å². The highest BCUT2D eigenvalue weighted by molar-refractivity contribution is 7.92. The zero-order valence-electron chi connectivity index (χ0n) is 15.8. The van der Waals surface area contributed by atoms with Crippen molar-refractivity contribution in [3.63, 3.8) is 0 Å². The highest BCUT2D eigenvalue weighted by Crippen LogP contribution is 2.20. The maximum atomic E-state index is 13.4. The topological polar surface area (TPSA) is 105 Å². The Morgan fingerprint density at radius 3 is 2.60 bits per heavy atom. The number of hydrogen-bond acceptors (Lipinski definition) is 5. The van der Waals surface area contributed by atoms with Gasteiger partial charge in [-0.2, -0.15) is 5.10 Å². The number of anilines is 1. The first-order valence-corrected chi connectivity index (χ1v) is 10.9. The number of hydrogen-bond donors (Lipinski definition) is 2. The molecule has 0 atom stereocenters. The summed E-state index contributed by atoms with van der Waals surface area (Å²) in [4.78, 5) is 16.4. The van der Waals surface area contributed by atoms with Gasteiger partial charge in [0.2, 0.25) is 0 Å². The zero-order chi connectivity index (χ0) is 21.3. The summed E-state index contributed by atoms with van der Waals surface area (Å²) in [6, 6.07) is 3.70. The van der Waals surface area contributed by atoms with E-state index in [0.717, 1.165) is 44.2 Å². The summed E-state index contributed by atoms with van der Waals surface area (Å²) < 4.78 is 55.0. The Morgan fingerprint density at radius 1 is 1.10 bits per heavy atom. The summed E-state index contributed by atoms with van der Waals surface area (Å²) in [6.07, 6.45) is 7.93. The number of halogens is 2. The second kappa shape index (κ2) is 7.98. The Morgan fingerprint density at radius 2 is 1.87 bits per heavy atom. The standard InChI is InChI=1S/C19H19F2N5O3S/c20-15-7-6-13(10-16(15)21)30(28,29)25-17-8-9-26-18(24-17)14(11-22-26)19(27)23-12-4-2-1-3-5-12/h6-12H,1-5H2,(H,23,27)(H,24,25). The van der Waals surface area contributed by atoms with Crippen LogP contribution in [0.15, 0.2) is 41.6 Å². The van der Waals surface area contributed by atoms with Gasteiger partial charge in [0.05, 0.1) is 11.1 Å². The van der Waals surface area contributed by atoms with E-state index in [4.69, 9.17) is 0 Å². The number of fused-ring (bicyclic) bond motifs is 1. The predicted molar refractivity (Wildman–Crippen MR) is 104 cm³/mol. The van der Waals surface area contributed by atoms with Crippen LogP contribution in [-0.4, -0.2) is 35.0 Å². The third-order valence-corrected chi connectivity index (χ3v) is 6.35. The van der Waals surface area contributed by atoms with Crippen LogP contribution in [0.25, 0.3) is 5.65 Å². The molecule has 30 heavy (non-hydrogen) atoms. The normalized spacial score (nSPS) is 15.3. The molecule has 0 aliphatic heterocycles. The molecule has 1 fully saturated rings. The number of carbonyl (C=O) groups excluding carboxylic acids is 1. The maximum Gasteiger partial charge on any atom is 0.263 e. The monoisotopic (exact) mass is 435 g/mol. The van der Waals surface area contributed by atoms with Crippen molar-refractivity contribution < 1.29 is 22.0 Å².